The smallest absolute Gasteiger partial charge is 0.270 e. The number of amides is 1. The molecule has 0 unspecified atom stereocenters. The van der Waals surface area contributed by atoms with E-state index in [1.165, 1.54) is 5.56 Å². The van der Waals surface area contributed by atoms with Crippen molar-refractivity contribution in [2.45, 2.75) is 26.9 Å². The van der Waals surface area contributed by atoms with Crippen LogP contribution in [0, 0.1) is 6.92 Å². The number of rotatable bonds is 5. The number of aromatic nitrogens is 1. The molecule has 1 saturated heterocycles. The average Bonchev–Trinajstić information content (AvgIpc) is 3.19. The summed E-state index contributed by atoms with van der Waals surface area (Å²) in [6.07, 6.45) is 0. The second-order valence-electron chi connectivity index (χ2n) is 7.73. The molecule has 3 heterocycles. The quantitative estimate of drug-likeness (QED) is 0.629. The first kappa shape index (κ1) is 18.6. The fourth-order valence-corrected chi connectivity index (χ4v) is 3.90. The van der Waals surface area contributed by atoms with Gasteiger partial charge in [0.25, 0.3) is 5.91 Å². The zero-order valence-corrected chi connectivity index (χ0v) is 16.6. The van der Waals surface area contributed by atoms with Crippen LogP contribution in [-0.2, 0) is 13.1 Å². The molecule has 0 saturated carbocycles. The molecule has 5 nitrogen and oxygen atoms in total. The van der Waals surface area contributed by atoms with Crippen LogP contribution in [0.4, 0.5) is 0 Å². The molecule has 1 aliphatic heterocycles. The molecule has 5 heteroatoms. The summed E-state index contributed by atoms with van der Waals surface area (Å²) in [6.45, 7) is 12.7. The number of allylic oxidation sites excluding steroid dienone is 1. The molecule has 3 aromatic rings. The minimum Gasteiger partial charge on any atom is -0.460 e. The van der Waals surface area contributed by atoms with Crippen molar-refractivity contribution in [3.8, 4) is 0 Å². The summed E-state index contributed by atoms with van der Waals surface area (Å²) in [5.41, 5.74) is 4.75. The number of furan rings is 1. The highest BCUT2D eigenvalue weighted by Crippen LogP contribution is 2.26. The van der Waals surface area contributed by atoms with Gasteiger partial charge in [-0.15, -0.1) is 0 Å². The molecule has 1 fully saturated rings. The first-order valence-corrected chi connectivity index (χ1v) is 9.81. The highest BCUT2D eigenvalue weighted by atomic mass is 16.3. The van der Waals surface area contributed by atoms with E-state index in [0.29, 0.717) is 12.2 Å². The van der Waals surface area contributed by atoms with Gasteiger partial charge in [-0.2, -0.15) is 0 Å². The van der Waals surface area contributed by atoms with Crippen molar-refractivity contribution in [3.05, 3.63) is 71.6 Å². The molecule has 146 valence electrons. The van der Waals surface area contributed by atoms with Crippen molar-refractivity contribution < 1.29 is 9.21 Å². The van der Waals surface area contributed by atoms with Gasteiger partial charge in [-0.05, 0) is 19.4 Å². The summed E-state index contributed by atoms with van der Waals surface area (Å²) < 4.78 is 7.80. The number of nitrogens with zero attached hydrogens (tertiary/aromatic N) is 3. The maximum atomic E-state index is 13.2. The third-order valence-corrected chi connectivity index (χ3v) is 5.27. The zero-order chi connectivity index (χ0) is 19.7. The second kappa shape index (κ2) is 7.68. The van der Waals surface area contributed by atoms with Crippen LogP contribution in [-0.4, -0.2) is 46.5 Å². The minimum absolute atomic E-state index is 0.0738. The predicted octanol–water partition coefficient (Wildman–Crippen LogP) is 4.08. The Labute approximate surface area is 165 Å². The number of fused-ring (bicyclic) bond motifs is 1. The van der Waals surface area contributed by atoms with Crippen LogP contribution in [0.3, 0.4) is 0 Å². The SMILES string of the molecule is C=C(C)Cn1c(C(=O)N2CCN(Cc3ccccc3)CC2)cc2oc(C)cc21. The molecular weight excluding hydrogens is 350 g/mol. The van der Waals surface area contributed by atoms with E-state index in [2.05, 4.69) is 35.7 Å². The molecule has 0 spiro atoms. The van der Waals surface area contributed by atoms with E-state index >= 15 is 0 Å². The van der Waals surface area contributed by atoms with Crippen LogP contribution in [0.1, 0.15) is 28.7 Å². The van der Waals surface area contributed by atoms with Gasteiger partial charge in [0.15, 0.2) is 5.58 Å². The molecule has 0 aliphatic carbocycles. The van der Waals surface area contributed by atoms with E-state index in [9.17, 15) is 4.79 Å². The maximum absolute atomic E-state index is 13.2. The molecule has 4 rings (SSSR count). The minimum atomic E-state index is 0.0738. The van der Waals surface area contributed by atoms with Gasteiger partial charge in [-0.1, -0.05) is 42.5 Å². The lowest BCUT2D eigenvalue weighted by molar-refractivity contribution is 0.0619. The lowest BCUT2D eigenvalue weighted by atomic mass is 10.2. The van der Waals surface area contributed by atoms with Crippen molar-refractivity contribution >= 4 is 17.0 Å². The Morgan fingerprint density at radius 2 is 1.82 bits per heavy atom. The van der Waals surface area contributed by atoms with Gasteiger partial charge in [-0.3, -0.25) is 9.69 Å². The third-order valence-electron chi connectivity index (χ3n) is 5.27. The molecule has 0 bridgehead atoms. The number of hydrogen-bond acceptors (Lipinski definition) is 3. The van der Waals surface area contributed by atoms with Gasteiger partial charge in [0, 0.05) is 51.4 Å². The topological polar surface area (TPSA) is 41.6 Å². The Bertz CT molecular complexity index is 992. The largest absolute Gasteiger partial charge is 0.460 e. The van der Waals surface area contributed by atoms with E-state index in [4.69, 9.17) is 4.42 Å². The summed E-state index contributed by atoms with van der Waals surface area (Å²) in [5.74, 6) is 0.929. The number of carbonyl (C=O) groups excluding carboxylic acids is 1. The lowest BCUT2D eigenvalue weighted by Crippen LogP contribution is -2.48. The van der Waals surface area contributed by atoms with E-state index in [1.54, 1.807) is 0 Å². The van der Waals surface area contributed by atoms with Gasteiger partial charge in [0.1, 0.15) is 11.5 Å². The molecule has 2 aromatic heterocycles. The molecule has 28 heavy (non-hydrogen) atoms. The molecule has 0 N–H and O–H groups in total. The summed E-state index contributed by atoms with van der Waals surface area (Å²) in [4.78, 5) is 17.6. The van der Waals surface area contributed by atoms with Crippen LogP contribution in [0.5, 0.6) is 0 Å². The summed E-state index contributed by atoms with van der Waals surface area (Å²) >= 11 is 0. The average molecular weight is 377 g/mol. The highest BCUT2D eigenvalue weighted by Gasteiger charge is 2.26. The number of hydrogen-bond donors (Lipinski definition) is 0. The van der Waals surface area contributed by atoms with Crippen LogP contribution in [0.15, 0.2) is 59.0 Å². The molecule has 0 atom stereocenters. The van der Waals surface area contributed by atoms with Crippen molar-refractivity contribution in [2.75, 3.05) is 26.2 Å². The summed E-state index contributed by atoms with van der Waals surface area (Å²) in [5, 5.41) is 0. The molecule has 1 amide bonds. The predicted molar refractivity (Wildman–Crippen MR) is 111 cm³/mol. The van der Waals surface area contributed by atoms with Crippen LogP contribution >= 0.6 is 0 Å². The second-order valence-corrected chi connectivity index (χ2v) is 7.73. The Balaban J connectivity index is 1.48. The number of piperazine rings is 1. The number of benzene rings is 1. The van der Waals surface area contributed by atoms with Crippen molar-refractivity contribution in [2.24, 2.45) is 0 Å². The summed E-state index contributed by atoms with van der Waals surface area (Å²) in [6, 6.07) is 14.4. The Morgan fingerprint density at radius 3 is 2.50 bits per heavy atom. The lowest BCUT2D eigenvalue weighted by Gasteiger charge is -2.35. The van der Waals surface area contributed by atoms with Crippen LogP contribution < -0.4 is 0 Å². The monoisotopic (exact) mass is 377 g/mol. The number of aryl methyl sites for hydroxylation is 1. The zero-order valence-electron chi connectivity index (χ0n) is 16.6. The van der Waals surface area contributed by atoms with Gasteiger partial charge in [-0.25, -0.2) is 0 Å². The Kier molecular flexibility index (Phi) is 5.09. The van der Waals surface area contributed by atoms with E-state index in [1.807, 2.05) is 41.5 Å². The fourth-order valence-electron chi connectivity index (χ4n) is 3.90. The highest BCUT2D eigenvalue weighted by molar-refractivity contribution is 5.97. The maximum Gasteiger partial charge on any atom is 0.270 e. The van der Waals surface area contributed by atoms with E-state index in [-0.39, 0.29) is 5.91 Å². The van der Waals surface area contributed by atoms with Gasteiger partial charge >= 0.3 is 0 Å². The first-order valence-electron chi connectivity index (χ1n) is 9.81. The number of carbonyl (C=O) groups is 1. The Morgan fingerprint density at radius 1 is 1.11 bits per heavy atom. The normalized spacial score (nSPS) is 15.3. The van der Waals surface area contributed by atoms with E-state index < -0.39 is 0 Å². The first-order chi connectivity index (χ1) is 13.5. The van der Waals surface area contributed by atoms with Gasteiger partial charge in [0.05, 0.1) is 5.52 Å². The van der Waals surface area contributed by atoms with Crippen molar-refractivity contribution in [3.63, 3.8) is 0 Å². The standard InChI is InChI=1S/C23H27N3O2/c1-17(2)15-26-20-13-18(3)28-22(20)14-21(26)23(27)25-11-9-24(10-12-25)16-19-7-5-4-6-8-19/h4-8,13-14H,1,9-12,15-16H2,2-3H3. The van der Waals surface area contributed by atoms with Crippen molar-refractivity contribution in [1.82, 2.24) is 14.4 Å². The van der Waals surface area contributed by atoms with Crippen molar-refractivity contribution in [1.29, 1.82) is 0 Å². The van der Waals surface area contributed by atoms with Gasteiger partial charge in [0.2, 0.25) is 0 Å². The molecule has 1 aliphatic rings. The fraction of sp³-hybridized carbons (Fsp3) is 0.348. The third kappa shape index (κ3) is 3.76. The van der Waals surface area contributed by atoms with Crippen LogP contribution in [0.25, 0.3) is 11.1 Å². The van der Waals surface area contributed by atoms with E-state index in [0.717, 1.165) is 55.2 Å². The van der Waals surface area contributed by atoms with Gasteiger partial charge < -0.3 is 13.9 Å². The summed E-state index contributed by atoms with van der Waals surface area (Å²) in [7, 11) is 0. The molecule has 1 aromatic carbocycles. The Hall–Kier alpha value is -2.79. The molecule has 0 radical (unpaired) electrons. The molecular formula is C23H27N3O2. The van der Waals surface area contributed by atoms with Crippen LogP contribution in [0.2, 0.25) is 0 Å².